The third-order valence-corrected chi connectivity index (χ3v) is 4.95. The Bertz CT molecular complexity index is 1200. The van der Waals surface area contributed by atoms with Crippen molar-refractivity contribution in [3.63, 3.8) is 0 Å². The summed E-state index contributed by atoms with van der Waals surface area (Å²) in [6, 6.07) is 29.0. The van der Waals surface area contributed by atoms with E-state index >= 15 is 0 Å². The highest BCUT2D eigenvalue weighted by molar-refractivity contribution is 9.10. The van der Waals surface area contributed by atoms with Gasteiger partial charge >= 0.3 is 0 Å². The molecule has 0 aliphatic carbocycles. The van der Waals surface area contributed by atoms with E-state index in [2.05, 4.69) is 27.0 Å². The lowest BCUT2D eigenvalue weighted by Gasteiger charge is -2.12. The molecule has 0 saturated carbocycles. The van der Waals surface area contributed by atoms with E-state index in [4.69, 9.17) is 10.5 Å². The molecule has 0 aliphatic heterocycles. The van der Waals surface area contributed by atoms with Gasteiger partial charge in [-0.1, -0.05) is 58.4 Å². The smallest absolute Gasteiger partial charge is 0.142 e. The zero-order chi connectivity index (χ0) is 20.2. The minimum Gasteiger partial charge on any atom is -0.457 e. The number of hydrogen-bond acceptors (Lipinski definition) is 4. The summed E-state index contributed by atoms with van der Waals surface area (Å²) >= 11 is 3.44. The molecular weight excluding hydrogens is 426 g/mol. The number of rotatable bonds is 4. The molecule has 140 valence electrons. The Balaban J connectivity index is 1.78. The van der Waals surface area contributed by atoms with Crippen molar-refractivity contribution in [1.29, 1.82) is 5.26 Å². The van der Waals surface area contributed by atoms with Crippen LogP contribution in [0.3, 0.4) is 0 Å². The minimum absolute atomic E-state index is 0.206. The molecule has 0 bridgehead atoms. The van der Waals surface area contributed by atoms with Crippen molar-refractivity contribution in [2.45, 2.75) is 0 Å². The Morgan fingerprint density at radius 3 is 2.28 bits per heavy atom. The highest BCUT2D eigenvalue weighted by Gasteiger charge is 2.14. The zero-order valence-corrected chi connectivity index (χ0v) is 16.9. The third-order valence-electron chi connectivity index (χ3n) is 4.42. The molecule has 2 N–H and O–H groups in total. The van der Waals surface area contributed by atoms with E-state index in [1.54, 1.807) is 0 Å². The maximum Gasteiger partial charge on any atom is 0.142 e. The van der Waals surface area contributed by atoms with Gasteiger partial charge in [0.05, 0.1) is 5.69 Å². The first kappa shape index (κ1) is 18.7. The molecule has 29 heavy (non-hydrogen) atoms. The normalized spacial score (nSPS) is 10.3. The van der Waals surface area contributed by atoms with Crippen molar-refractivity contribution in [3.8, 4) is 40.0 Å². The maximum atomic E-state index is 9.66. The summed E-state index contributed by atoms with van der Waals surface area (Å²) in [4.78, 5) is 4.43. The SMILES string of the molecule is N#Cc1c(-c2cccc(Oc3ccccc3)c2)cc(-c2ccc(Br)cc2)nc1N. The first-order valence-corrected chi connectivity index (χ1v) is 9.73. The molecule has 4 aromatic rings. The Labute approximate surface area is 177 Å². The van der Waals surface area contributed by atoms with Crippen LogP contribution in [0, 0.1) is 11.3 Å². The second-order valence-electron chi connectivity index (χ2n) is 6.38. The van der Waals surface area contributed by atoms with Gasteiger partial charge in [0.1, 0.15) is 28.9 Å². The van der Waals surface area contributed by atoms with Gasteiger partial charge in [-0.15, -0.1) is 0 Å². The molecule has 0 unspecified atom stereocenters. The van der Waals surface area contributed by atoms with Crippen LogP contribution in [-0.4, -0.2) is 4.98 Å². The van der Waals surface area contributed by atoms with Gasteiger partial charge in [0.25, 0.3) is 0 Å². The molecule has 5 heteroatoms. The Morgan fingerprint density at radius 1 is 0.828 bits per heavy atom. The van der Waals surface area contributed by atoms with Crippen molar-refractivity contribution in [2.24, 2.45) is 0 Å². The second-order valence-corrected chi connectivity index (χ2v) is 7.29. The summed E-state index contributed by atoms with van der Waals surface area (Å²) in [6.07, 6.45) is 0. The standard InChI is InChI=1S/C24H16BrN3O/c25-18-11-9-16(10-12-18)23-14-21(22(15-26)24(27)28-23)17-5-4-8-20(13-17)29-19-6-2-1-3-7-19/h1-14H,(H2,27,28). The maximum absolute atomic E-state index is 9.66. The number of ether oxygens (including phenoxy) is 1. The van der Waals surface area contributed by atoms with Gasteiger partial charge in [0, 0.05) is 15.6 Å². The van der Waals surface area contributed by atoms with Crippen LogP contribution in [0.4, 0.5) is 5.82 Å². The summed E-state index contributed by atoms with van der Waals surface area (Å²) in [5.41, 5.74) is 9.65. The van der Waals surface area contributed by atoms with Gasteiger partial charge in [-0.3, -0.25) is 0 Å². The fourth-order valence-corrected chi connectivity index (χ4v) is 3.29. The zero-order valence-electron chi connectivity index (χ0n) is 15.3. The van der Waals surface area contributed by atoms with Crippen molar-refractivity contribution < 1.29 is 4.74 Å². The number of halogens is 1. The van der Waals surface area contributed by atoms with Crippen molar-refractivity contribution in [1.82, 2.24) is 4.98 Å². The van der Waals surface area contributed by atoms with Crippen LogP contribution in [0.25, 0.3) is 22.4 Å². The van der Waals surface area contributed by atoms with Crippen LogP contribution in [0.2, 0.25) is 0 Å². The van der Waals surface area contributed by atoms with Crippen LogP contribution in [-0.2, 0) is 0 Å². The van der Waals surface area contributed by atoms with Crippen LogP contribution in [0.1, 0.15) is 5.56 Å². The summed E-state index contributed by atoms with van der Waals surface area (Å²) < 4.78 is 6.92. The average Bonchev–Trinajstić information content (AvgIpc) is 2.74. The Morgan fingerprint density at radius 2 is 1.55 bits per heavy atom. The van der Waals surface area contributed by atoms with E-state index in [0.29, 0.717) is 17.0 Å². The molecule has 0 saturated heterocycles. The van der Waals surface area contributed by atoms with Crippen LogP contribution in [0.15, 0.2) is 89.4 Å². The van der Waals surface area contributed by atoms with E-state index in [0.717, 1.165) is 26.9 Å². The number of anilines is 1. The van der Waals surface area contributed by atoms with Crippen molar-refractivity contribution in [3.05, 3.63) is 95.0 Å². The Hall–Kier alpha value is -3.62. The topological polar surface area (TPSA) is 71.9 Å². The van der Waals surface area contributed by atoms with E-state index in [9.17, 15) is 5.26 Å². The predicted molar refractivity (Wildman–Crippen MR) is 118 cm³/mol. The molecule has 4 nitrogen and oxygen atoms in total. The number of hydrogen-bond donors (Lipinski definition) is 1. The number of para-hydroxylation sites is 1. The predicted octanol–water partition coefficient (Wildman–Crippen LogP) is 6.42. The van der Waals surface area contributed by atoms with Crippen LogP contribution in [0.5, 0.6) is 11.5 Å². The minimum atomic E-state index is 0.206. The lowest BCUT2D eigenvalue weighted by atomic mass is 9.98. The number of nitrogens with two attached hydrogens (primary N) is 1. The first-order chi connectivity index (χ1) is 14.1. The van der Waals surface area contributed by atoms with Gasteiger partial charge in [-0.2, -0.15) is 5.26 Å². The number of pyridine rings is 1. The monoisotopic (exact) mass is 441 g/mol. The molecule has 3 aromatic carbocycles. The summed E-state index contributed by atoms with van der Waals surface area (Å²) in [6.45, 7) is 0. The highest BCUT2D eigenvalue weighted by Crippen LogP contribution is 2.34. The largest absolute Gasteiger partial charge is 0.457 e. The first-order valence-electron chi connectivity index (χ1n) is 8.94. The number of nitriles is 1. The van der Waals surface area contributed by atoms with Gasteiger partial charge in [0.2, 0.25) is 0 Å². The molecule has 0 aliphatic rings. The van der Waals surface area contributed by atoms with E-state index in [1.807, 2.05) is 84.9 Å². The summed E-state index contributed by atoms with van der Waals surface area (Å²) in [5.74, 6) is 1.63. The summed E-state index contributed by atoms with van der Waals surface area (Å²) in [7, 11) is 0. The van der Waals surface area contributed by atoms with E-state index in [-0.39, 0.29) is 5.82 Å². The lowest BCUT2D eigenvalue weighted by molar-refractivity contribution is 0.483. The van der Waals surface area contributed by atoms with E-state index < -0.39 is 0 Å². The molecule has 0 fully saturated rings. The van der Waals surface area contributed by atoms with Crippen LogP contribution < -0.4 is 10.5 Å². The quantitative estimate of drug-likeness (QED) is 0.396. The number of nitrogens with zero attached hydrogens (tertiary/aromatic N) is 2. The van der Waals surface area contributed by atoms with Crippen molar-refractivity contribution >= 4 is 21.7 Å². The average molecular weight is 442 g/mol. The third kappa shape index (κ3) is 4.13. The molecule has 4 rings (SSSR count). The van der Waals surface area contributed by atoms with Crippen LogP contribution >= 0.6 is 15.9 Å². The highest BCUT2D eigenvalue weighted by atomic mass is 79.9. The van der Waals surface area contributed by atoms with Crippen molar-refractivity contribution in [2.75, 3.05) is 5.73 Å². The molecular formula is C24H16BrN3O. The fraction of sp³-hybridized carbons (Fsp3) is 0. The number of aromatic nitrogens is 1. The second kappa shape index (κ2) is 8.17. The molecule has 0 atom stereocenters. The Kier molecular flexibility index (Phi) is 5.28. The van der Waals surface area contributed by atoms with E-state index in [1.165, 1.54) is 0 Å². The van der Waals surface area contributed by atoms with Gasteiger partial charge in [-0.25, -0.2) is 4.98 Å². The van der Waals surface area contributed by atoms with Gasteiger partial charge in [-0.05, 0) is 48.0 Å². The lowest BCUT2D eigenvalue weighted by Crippen LogP contribution is -2.00. The number of benzene rings is 3. The molecule has 0 radical (unpaired) electrons. The fourth-order valence-electron chi connectivity index (χ4n) is 3.03. The molecule has 1 aromatic heterocycles. The molecule has 0 amide bonds. The summed E-state index contributed by atoms with van der Waals surface area (Å²) in [5, 5.41) is 9.66. The number of nitrogen functional groups attached to an aromatic ring is 1. The molecule has 0 spiro atoms. The van der Waals surface area contributed by atoms with Gasteiger partial charge < -0.3 is 10.5 Å². The van der Waals surface area contributed by atoms with Gasteiger partial charge in [0.15, 0.2) is 0 Å². The molecule has 1 heterocycles.